The maximum Gasteiger partial charge on any atom is 0.0384 e. The van der Waals surface area contributed by atoms with Crippen molar-refractivity contribution >= 4 is 11.4 Å². The first kappa shape index (κ1) is 12.9. The Labute approximate surface area is 99.7 Å². The Morgan fingerprint density at radius 2 is 1.94 bits per heavy atom. The van der Waals surface area contributed by atoms with E-state index in [-0.39, 0.29) is 0 Å². The van der Waals surface area contributed by atoms with Gasteiger partial charge in [0, 0.05) is 31.5 Å². The van der Waals surface area contributed by atoms with Crippen LogP contribution in [0.2, 0.25) is 0 Å². The van der Waals surface area contributed by atoms with E-state index in [1.807, 2.05) is 0 Å². The van der Waals surface area contributed by atoms with Crippen molar-refractivity contribution in [3.63, 3.8) is 0 Å². The van der Waals surface area contributed by atoms with Crippen LogP contribution in [0.1, 0.15) is 27.7 Å². The molecule has 1 aromatic carbocycles. The van der Waals surface area contributed by atoms with Crippen LogP contribution in [-0.2, 0) is 0 Å². The Morgan fingerprint density at radius 1 is 1.25 bits per heavy atom. The Balaban J connectivity index is 2.68. The molecule has 1 aromatic rings. The summed E-state index contributed by atoms with van der Waals surface area (Å²) in [4.78, 5) is 2.24. The third-order valence-electron chi connectivity index (χ3n) is 2.58. The van der Waals surface area contributed by atoms with Crippen molar-refractivity contribution in [3.8, 4) is 0 Å². The first-order valence-corrected chi connectivity index (χ1v) is 5.97. The molecule has 0 atom stereocenters. The second-order valence-electron chi connectivity index (χ2n) is 5.48. The summed E-state index contributed by atoms with van der Waals surface area (Å²) in [6.45, 7) is 10.9. The number of anilines is 2. The molecule has 0 heterocycles. The molecular formula is C14H24N2. The summed E-state index contributed by atoms with van der Waals surface area (Å²) in [7, 11) is 2.11. The molecule has 0 aliphatic heterocycles. The van der Waals surface area contributed by atoms with Gasteiger partial charge in [0.05, 0.1) is 0 Å². The Kier molecular flexibility index (Phi) is 4.22. The predicted molar refractivity (Wildman–Crippen MR) is 73.3 cm³/mol. The lowest BCUT2D eigenvalue weighted by Gasteiger charge is -2.21. The molecule has 0 fully saturated rings. The van der Waals surface area contributed by atoms with Crippen molar-refractivity contribution in [2.24, 2.45) is 5.41 Å². The van der Waals surface area contributed by atoms with Crippen molar-refractivity contribution < 1.29 is 0 Å². The van der Waals surface area contributed by atoms with Gasteiger partial charge in [0.2, 0.25) is 0 Å². The molecule has 0 bridgehead atoms. The van der Waals surface area contributed by atoms with Gasteiger partial charge in [0.15, 0.2) is 0 Å². The number of hydrogen-bond acceptors (Lipinski definition) is 2. The van der Waals surface area contributed by atoms with Crippen molar-refractivity contribution in [2.45, 2.75) is 27.7 Å². The zero-order chi connectivity index (χ0) is 12.2. The summed E-state index contributed by atoms with van der Waals surface area (Å²) in [6, 6.07) is 8.58. The van der Waals surface area contributed by atoms with E-state index >= 15 is 0 Å². The molecule has 0 saturated carbocycles. The number of benzene rings is 1. The lowest BCUT2D eigenvalue weighted by Crippen LogP contribution is -2.19. The predicted octanol–water partition coefficient (Wildman–Crippen LogP) is 3.60. The maximum atomic E-state index is 3.48. The molecule has 0 spiro atoms. The highest BCUT2D eigenvalue weighted by molar-refractivity contribution is 5.57. The van der Waals surface area contributed by atoms with E-state index in [0.717, 1.165) is 13.1 Å². The molecule has 1 rings (SSSR count). The summed E-state index contributed by atoms with van der Waals surface area (Å²) in [6.07, 6.45) is 0. The van der Waals surface area contributed by atoms with Crippen LogP contribution in [0.4, 0.5) is 11.4 Å². The standard InChI is InChI=1S/C14H24N2/c1-6-16(5)13-9-7-8-12(10-13)15-11-14(2,3)4/h7-10,15H,6,11H2,1-5H3. The average Bonchev–Trinajstić information content (AvgIpc) is 2.25. The highest BCUT2D eigenvalue weighted by Crippen LogP contribution is 2.20. The fourth-order valence-electron chi connectivity index (χ4n) is 1.40. The SMILES string of the molecule is CCN(C)c1cccc(NCC(C)(C)C)c1. The molecule has 0 aromatic heterocycles. The smallest absolute Gasteiger partial charge is 0.0384 e. The van der Waals surface area contributed by atoms with Gasteiger partial charge in [-0.25, -0.2) is 0 Å². The summed E-state index contributed by atoms with van der Waals surface area (Å²) < 4.78 is 0. The van der Waals surface area contributed by atoms with E-state index in [4.69, 9.17) is 0 Å². The lowest BCUT2D eigenvalue weighted by molar-refractivity contribution is 0.443. The summed E-state index contributed by atoms with van der Waals surface area (Å²) in [5.74, 6) is 0. The van der Waals surface area contributed by atoms with Crippen LogP contribution in [0.25, 0.3) is 0 Å². The van der Waals surface area contributed by atoms with E-state index in [2.05, 4.69) is 69.2 Å². The van der Waals surface area contributed by atoms with E-state index < -0.39 is 0 Å². The maximum absolute atomic E-state index is 3.48. The highest BCUT2D eigenvalue weighted by Gasteiger charge is 2.09. The van der Waals surface area contributed by atoms with Crippen LogP contribution in [0.15, 0.2) is 24.3 Å². The van der Waals surface area contributed by atoms with E-state index in [0.29, 0.717) is 5.41 Å². The normalized spacial score (nSPS) is 11.3. The van der Waals surface area contributed by atoms with Gasteiger partial charge in [-0.15, -0.1) is 0 Å². The molecule has 0 aliphatic rings. The Bertz CT molecular complexity index is 326. The molecule has 0 unspecified atom stereocenters. The average molecular weight is 220 g/mol. The lowest BCUT2D eigenvalue weighted by atomic mass is 9.97. The number of hydrogen-bond donors (Lipinski definition) is 1. The second-order valence-corrected chi connectivity index (χ2v) is 5.48. The monoisotopic (exact) mass is 220 g/mol. The fraction of sp³-hybridized carbons (Fsp3) is 0.571. The summed E-state index contributed by atoms with van der Waals surface area (Å²) in [5, 5.41) is 3.48. The molecule has 0 saturated heterocycles. The zero-order valence-corrected chi connectivity index (χ0v) is 11.2. The van der Waals surface area contributed by atoms with Crippen molar-refractivity contribution in [1.29, 1.82) is 0 Å². The minimum Gasteiger partial charge on any atom is -0.384 e. The van der Waals surface area contributed by atoms with E-state index in [1.54, 1.807) is 0 Å². The topological polar surface area (TPSA) is 15.3 Å². The van der Waals surface area contributed by atoms with Crippen LogP contribution in [0.5, 0.6) is 0 Å². The molecule has 2 heteroatoms. The minimum absolute atomic E-state index is 0.312. The van der Waals surface area contributed by atoms with Gasteiger partial charge in [-0.3, -0.25) is 0 Å². The van der Waals surface area contributed by atoms with E-state index in [9.17, 15) is 0 Å². The number of nitrogens with one attached hydrogen (secondary N) is 1. The van der Waals surface area contributed by atoms with Crippen molar-refractivity contribution in [2.75, 3.05) is 30.4 Å². The second kappa shape index (κ2) is 5.24. The van der Waals surface area contributed by atoms with Crippen molar-refractivity contribution in [3.05, 3.63) is 24.3 Å². The van der Waals surface area contributed by atoms with Gasteiger partial charge < -0.3 is 10.2 Å². The molecular weight excluding hydrogens is 196 g/mol. The molecule has 0 radical (unpaired) electrons. The summed E-state index contributed by atoms with van der Waals surface area (Å²) >= 11 is 0. The Hall–Kier alpha value is -1.18. The van der Waals surface area contributed by atoms with Crippen LogP contribution in [0.3, 0.4) is 0 Å². The van der Waals surface area contributed by atoms with Crippen LogP contribution in [-0.4, -0.2) is 20.1 Å². The molecule has 1 N–H and O–H groups in total. The van der Waals surface area contributed by atoms with Crippen LogP contribution < -0.4 is 10.2 Å². The van der Waals surface area contributed by atoms with Gasteiger partial charge >= 0.3 is 0 Å². The molecule has 2 nitrogen and oxygen atoms in total. The Morgan fingerprint density at radius 3 is 2.50 bits per heavy atom. The summed E-state index contributed by atoms with van der Waals surface area (Å²) in [5.41, 5.74) is 2.78. The largest absolute Gasteiger partial charge is 0.384 e. The van der Waals surface area contributed by atoms with Gasteiger partial charge in [-0.05, 0) is 30.5 Å². The molecule has 0 aliphatic carbocycles. The first-order valence-electron chi connectivity index (χ1n) is 5.97. The fourth-order valence-corrected chi connectivity index (χ4v) is 1.40. The zero-order valence-electron chi connectivity index (χ0n) is 11.2. The number of rotatable bonds is 4. The molecule has 16 heavy (non-hydrogen) atoms. The van der Waals surface area contributed by atoms with Gasteiger partial charge in [0.25, 0.3) is 0 Å². The van der Waals surface area contributed by atoms with Crippen LogP contribution >= 0.6 is 0 Å². The highest BCUT2D eigenvalue weighted by atomic mass is 15.1. The van der Waals surface area contributed by atoms with Gasteiger partial charge in [0.1, 0.15) is 0 Å². The number of nitrogens with zero attached hydrogens (tertiary/aromatic N) is 1. The van der Waals surface area contributed by atoms with Crippen molar-refractivity contribution in [1.82, 2.24) is 0 Å². The van der Waals surface area contributed by atoms with Gasteiger partial charge in [-0.1, -0.05) is 26.8 Å². The van der Waals surface area contributed by atoms with Crippen LogP contribution in [0, 0.1) is 5.41 Å². The minimum atomic E-state index is 0.312. The molecule has 0 amide bonds. The first-order chi connectivity index (χ1) is 7.42. The third kappa shape index (κ3) is 4.13. The van der Waals surface area contributed by atoms with E-state index in [1.165, 1.54) is 11.4 Å². The third-order valence-corrected chi connectivity index (χ3v) is 2.58. The van der Waals surface area contributed by atoms with Gasteiger partial charge in [-0.2, -0.15) is 0 Å². The molecule has 90 valence electrons. The quantitative estimate of drug-likeness (QED) is 0.834.